The molecule has 2 aromatic carbocycles. The van der Waals surface area contributed by atoms with Crippen LogP contribution in [0, 0.1) is 6.92 Å². The number of furan rings is 1. The first-order chi connectivity index (χ1) is 13.2. The van der Waals surface area contributed by atoms with Crippen LogP contribution in [0.5, 0.6) is 5.75 Å². The SMILES string of the molecule is CCC(=O)Oc1ccc2oc3c(c2c1C=Nc1ccc(C)cc1)CCCC3. The minimum Gasteiger partial charge on any atom is -0.461 e. The van der Waals surface area contributed by atoms with Gasteiger partial charge in [-0.2, -0.15) is 0 Å². The summed E-state index contributed by atoms with van der Waals surface area (Å²) in [6, 6.07) is 11.7. The molecule has 1 heterocycles. The van der Waals surface area contributed by atoms with Crippen LogP contribution in [0.15, 0.2) is 45.8 Å². The lowest BCUT2D eigenvalue weighted by molar-refractivity contribution is -0.134. The Morgan fingerprint density at radius 1 is 1.15 bits per heavy atom. The van der Waals surface area contributed by atoms with Crippen molar-refractivity contribution in [3.05, 3.63) is 58.8 Å². The molecule has 1 aromatic heterocycles. The molecule has 0 bridgehead atoms. The molecule has 0 aliphatic heterocycles. The summed E-state index contributed by atoms with van der Waals surface area (Å²) in [6.07, 6.45) is 6.37. The number of fused-ring (bicyclic) bond motifs is 3. The van der Waals surface area contributed by atoms with Crippen molar-refractivity contribution < 1.29 is 13.9 Å². The van der Waals surface area contributed by atoms with Crippen LogP contribution in [0.25, 0.3) is 11.0 Å². The van der Waals surface area contributed by atoms with Crippen molar-refractivity contribution in [1.29, 1.82) is 0 Å². The number of aryl methyl sites for hydroxylation is 3. The van der Waals surface area contributed by atoms with Gasteiger partial charge in [0.2, 0.25) is 0 Å². The molecular formula is C23H23NO3. The van der Waals surface area contributed by atoms with Gasteiger partial charge in [-0.1, -0.05) is 24.6 Å². The smallest absolute Gasteiger partial charge is 0.310 e. The second-order valence-corrected chi connectivity index (χ2v) is 6.98. The number of rotatable bonds is 4. The molecular weight excluding hydrogens is 338 g/mol. The molecule has 3 aromatic rings. The van der Waals surface area contributed by atoms with Gasteiger partial charge in [-0.3, -0.25) is 9.79 Å². The van der Waals surface area contributed by atoms with E-state index < -0.39 is 0 Å². The summed E-state index contributed by atoms with van der Waals surface area (Å²) >= 11 is 0. The van der Waals surface area contributed by atoms with Gasteiger partial charge in [0.15, 0.2) is 0 Å². The molecule has 4 nitrogen and oxygen atoms in total. The highest BCUT2D eigenvalue weighted by atomic mass is 16.5. The van der Waals surface area contributed by atoms with Crippen molar-refractivity contribution >= 4 is 28.8 Å². The maximum Gasteiger partial charge on any atom is 0.310 e. The standard InChI is InChI=1S/C23H23NO3/c1-3-22(25)27-20-12-13-21-23(17-6-4-5-7-19(17)26-21)18(20)14-24-16-10-8-15(2)9-11-16/h8-14H,3-7H2,1-2H3. The van der Waals surface area contributed by atoms with E-state index in [-0.39, 0.29) is 5.97 Å². The number of carbonyl (C=O) groups is 1. The fourth-order valence-corrected chi connectivity index (χ4v) is 3.55. The van der Waals surface area contributed by atoms with Crippen LogP contribution in [0.3, 0.4) is 0 Å². The van der Waals surface area contributed by atoms with Crippen LogP contribution in [0.4, 0.5) is 5.69 Å². The minimum atomic E-state index is -0.253. The fraction of sp³-hybridized carbons (Fsp3) is 0.304. The molecule has 0 spiro atoms. The summed E-state index contributed by atoms with van der Waals surface area (Å²) in [5.41, 5.74) is 4.95. The van der Waals surface area contributed by atoms with Gasteiger partial charge in [-0.05, 0) is 50.5 Å². The number of carbonyl (C=O) groups excluding carboxylic acids is 1. The largest absolute Gasteiger partial charge is 0.461 e. The number of hydrogen-bond acceptors (Lipinski definition) is 4. The zero-order chi connectivity index (χ0) is 18.8. The molecule has 4 rings (SSSR count). The highest BCUT2D eigenvalue weighted by Gasteiger charge is 2.22. The average molecular weight is 361 g/mol. The zero-order valence-corrected chi connectivity index (χ0v) is 15.7. The van der Waals surface area contributed by atoms with Gasteiger partial charge < -0.3 is 9.15 Å². The maximum absolute atomic E-state index is 11.9. The van der Waals surface area contributed by atoms with E-state index in [4.69, 9.17) is 9.15 Å². The van der Waals surface area contributed by atoms with Crippen molar-refractivity contribution in [2.24, 2.45) is 4.99 Å². The van der Waals surface area contributed by atoms with E-state index in [1.54, 1.807) is 19.2 Å². The molecule has 0 fully saturated rings. The fourth-order valence-electron chi connectivity index (χ4n) is 3.55. The summed E-state index contributed by atoms with van der Waals surface area (Å²) < 4.78 is 11.7. The Labute approximate surface area is 158 Å². The third-order valence-corrected chi connectivity index (χ3v) is 5.01. The zero-order valence-electron chi connectivity index (χ0n) is 15.7. The third-order valence-electron chi connectivity index (χ3n) is 5.01. The molecule has 1 aliphatic carbocycles. The monoisotopic (exact) mass is 361 g/mol. The normalized spacial score (nSPS) is 13.9. The molecule has 0 amide bonds. The van der Waals surface area contributed by atoms with E-state index in [9.17, 15) is 4.79 Å². The van der Waals surface area contributed by atoms with Gasteiger partial charge in [0.1, 0.15) is 17.1 Å². The molecule has 0 N–H and O–H groups in total. The molecule has 0 unspecified atom stereocenters. The number of aliphatic imine (C=N–C) groups is 1. The first-order valence-electron chi connectivity index (χ1n) is 9.54. The lowest BCUT2D eigenvalue weighted by Crippen LogP contribution is -2.08. The van der Waals surface area contributed by atoms with E-state index >= 15 is 0 Å². The van der Waals surface area contributed by atoms with Crippen molar-refractivity contribution in [2.75, 3.05) is 0 Å². The van der Waals surface area contributed by atoms with Crippen LogP contribution < -0.4 is 4.74 Å². The molecule has 0 atom stereocenters. The number of nitrogens with zero attached hydrogens (tertiary/aromatic N) is 1. The van der Waals surface area contributed by atoms with Gasteiger partial charge in [0, 0.05) is 35.6 Å². The quantitative estimate of drug-likeness (QED) is 0.341. The second kappa shape index (κ2) is 7.39. The van der Waals surface area contributed by atoms with Gasteiger partial charge in [-0.15, -0.1) is 0 Å². The first kappa shape index (κ1) is 17.5. The predicted molar refractivity (Wildman–Crippen MR) is 107 cm³/mol. The molecule has 0 saturated carbocycles. The van der Waals surface area contributed by atoms with Crippen LogP contribution >= 0.6 is 0 Å². The summed E-state index contributed by atoms with van der Waals surface area (Å²) in [7, 11) is 0. The van der Waals surface area contributed by atoms with Gasteiger partial charge in [0.05, 0.1) is 5.69 Å². The van der Waals surface area contributed by atoms with Crippen molar-refractivity contribution in [2.45, 2.75) is 46.0 Å². The van der Waals surface area contributed by atoms with Crippen LogP contribution in [-0.2, 0) is 17.6 Å². The number of ether oxygens (including phenoxy) is 1. The van der Waals surface area contributed by atoms with E-state index in [2.05, 4.69) is 4.99 Å². The summed E-state index contributed by atoms with van der Waals surface area (Å²) in [5.74, 6) is 1.34. The molecule has 4 heteroatoms. The van der Waals surface area contributed by atoms with Gasteiger partial charge >= 0.3 is 5.97 Å². The molecule has 0 radical (unpaired) electrons. The van der Waals surface area contributed by atoms with Crippen LogP contribution in [0.1, 0.15) is 48.6 Å². The van der Waals surface area contributed by atoms with Crippen molar-refractivity contribution in [3.8, 4) is 5.75 Å². The van der Waals surface area contributed by atoms with E-state index in [0.717, 1.165) is 53.7 Å². The first-order valence-corrected chi connectivity index (χ1v) is 9.54. The van der Waals surface area contributed by atoms with Crippen molar-refractivity contribution in [3.63, 3.8) is 0 Å². The molecule has 0 saturated heterocycles. The Hall–Kier alpha value is -2.88. The second-order valence-electron chi connectivity index (χ2n) is 6.98. The molecule has 27 heavy (non-hydrogen) atoms. The number of hydrogen-bond donors (Lipinski definition) is 0. The van der Waals surface area contributed by atoms with Crippen molar-refractivity contribution in [1.82, 2.24) is 0 Å². The highest BCUT2D eigenvalue weighted by Crippen LogP contribution is 2.37. The third kappa shape index (κ3) is 3.52. The number of benzene rings is 2. The lowest BCUT2D eigenvalue weighted by Gasteiger charge is -2.11. The Kier molecular flexibility index (Phi) is 4.80. The van der Waals surface area contributed by atoms with Crippen LogP contribution in [0.2, 0.25) is 0 Å². The summed E-state index contributed by atoms with van der Waals surface area (Å²) in [4.78, 5) is 16.6. The average Bonchev–Trinajstić information content (AvgIpc) is 3.07. The maximum atomic E-state index is 11.9. The lowest BCUT2D eigenvalue weighted by atomic mass is 9.94. The topological polar surface area (TPSA) is 51.8 Å². The summed E-state index contributed by atoms with van der Waals surface area (Å²) in [5, 5.41) is 1.03. The van der Waals surface area contributed by atoms with E-state index in [1.165, 1.54) is 11.1 Å². The Bertz CT molecular complexity index is 1010. The predicted octanol–water partition coefficient (Wildman–Crippen LogP) is 5.69. The van der Waals surface area contributed by atoms with Gasteiger partial charge in [0.25, 0.3) is 0 Å². The minimum absolute atomic E-state index is 0.253. The summed E-state index contributed by atoms with van der Waals surface area (Å²) in [6.45, 7) is 3.84. The van der Waals surface area contributed by atoms with Crippen LogP contribution in [-0.4, -0.2) is 12.2 Å². The Morgan fingerprint density at radius 2 is 1.93 bits per heavy atom. The van der Waals surface area contributed by atoms with E-state index in [0.29, 0.717) is 12.2 Å². The Morgan fingerprint density at radius 3 is 2.70 bits per heavy atom. The Balaban J connectivity index is 1.85. The molecule has 1 aliphatic rings. The highest BCUT2D eigenvalue weighted by molar-refractivity contribution is 6.04. The van der Waals surface area contributed by atoms with E-state index in [1.807, 2.05) is 37.3 Å². The molecule has 138 valence electrons. The number of esters is 1. The van der Waals surface area contributed by atoms with Gasteiger partial charge in [-0.25, -0.2) is 0 Å².